The number of nitrogens with one attached hydrogen (secondary N) is 1. The lowest BCUT2D eigenvalue weighted by molar-refractivity contribution is 0.0677. The summed E-state index contributed by atoms with van der Waals surface area (Å²) in [7, 11) is 0. The van der Waals surface area contributed by atoms with Gasteiger partial charge in [-0.2, -0.15) is 5.26 Å². The van der Waals surface area contributed by atoms with Gasteiger partial charge in [0, 0.05) is 18.8 Å². The van der Waals surface area contributed by atoms with Crippen LogP contribution in [-0.2, 0) is 0 Å². The first-order valence-electron chi connectivity index (χ1n) is 8.48. The molecule has 6 nitrogen and oxygen atoms in total. The van der Waals surface area contributed by atoms with E-state index in [1.807, 2.05) is 17.9 Å². The molecule has 0 bridgehead atoms. The van der Waals surface area contributed by atoms with Crippen LogP contribution in [0.5, 0.6) is 0 Å². The van der Waals surface area contributed by atoms with E-state index in [9.17, 15) is 10.1 Å². The van der Waals surface area contributed by atoms with Crippen LogP contribution in [0.4, 0.5) is 11.6 Å². The Bertz CT molecular complexity index is 827. The minimum absolute atomic E-state index is 0.0614. The van der Waals surface area contributed by atoms with Crippen molar-refractivity contribution in [3.05, 3.63) is 47.3 Å². The summed E-state index contributed by atoms with van der Waals surface area (Å²) >= 11 is 0. The number of hydrogen-bond acceptors (Lipinski definition) is 5. The molecule has 0 radical (unpaired) electrons. The molecule has 128 valence electrons. The molecule has 1 aromatic carbocycles. The molecule has 1 unspecified atom stereocenters. The van der Waals surface area contributed by atoms with E-state index in [0.29, 0.717) is 34.5 Å². The zero-order chi connectivity index (χ0) is 17.8. The zero-order valence-electron chi connectivity index (χ0n) is 14.5. The maximum absolute atomic E-state index is 12.8. The summed E-state index contributed by atoms with van der Waals surface area (Å²) in [4.78, 5) is 23.4. The minimum Gasteiger partial charge on any atom is -0.337 e. The van der Waals surface area contributed by atoms with Crippen molar-refractivity contribution in [1.82, 2.24) is 14.9 Å². The average Bonchev–Trinajstić information content (AvgIpc) is 2.61. The monoisotopic (exact) mass is 335 g/mol. The molecule has 1 saturated heterocycles. The first kappa shape index (κ1) is 16.9. The van der Waals surface area contributed by atoms with Gasteiger partial charge in [0.2, 0.25) is 5.95 Å². The number of aryl methyl sites for hydroxylation is 1. The second-order valence-electron chi connectivity index (χ2n) is 6.50. The van der Waals surface area contributed by atoms with Crippen molar-refractivity contribution in [2.45, 2.75) is 26.7 Å². The van der Waals surface area contributed by atoms with Crippen LogP contribution in [0.15, 0.2) is 30.3 Å². The van der Waals surface area contributed by atoms with Gasteiger partial charge in [0.05, 0.1) is 11.3 Å². The van der Waals surface area contributed by atoms with E-state index in [-0.39, 0.29) is 5.91 Å². The van der Waals surface area contributed by atoms with E-state index in [2.05, 4.69) is 28.3 Å². The van der Waals surface area contributed by atoms with Gasteiger partial charge in [-0.1, -0.05) is 19.1 Å². The number of carbonyl (C=O) groups excluding carboxylic acids is 1. The van der Waals surface area contributed by atoms with Crippen LogP contribution in [0.1, 0.15) is 41.5 Å². The number of benzene rings is 1. The lowest BCUT2D eigenvalue weighted by Crippen LogP contribution is -2.39. The van der Waals surface area contributed by atoms with Crippen molar-refractivity contribution in [3.8, 4) is 6.07 Å². The highest BCUT2D eigenvalue weighted by Crippen LogP contribution is 2.20. The highest BCUT2D eigenvalue weighted by atomic mass is 16.2. The lowest BCUT2D eigenvalue weighted by Gasteiger charge is -2.30. The third-order valence-electron chi connectivity index (χ3n) is 4.31. The van der Waals surface area contributed by atoms with Crippen molar-refractivity contribution in [1.29, 1.82) is 5.26 Å². The summed E-state index contributed by atoms with van der Waals surface area (Å²) in [6.45, 7) is 5.53. The number of rotatable bonds is 3. The van der Waals surface area contributed by atoms with Gasteiger partial charge in [0.15, 0.2) is 0 Å². The molecule has 1 fully saturated rings. The van der Waals surface area contributed by atoms with E-state index in [1.165, 1.54) is 0 Å². The van der Waals surface area contributed by atoms with Crippen LogP contribution in [-0.4, -0.2) is 33.9 Å². The van der Waals surface area contributed by atoms with Crippen LogP contribution in [0.25, 0.3) is 0 Å². The van der Waals surface area contributed by atoms with Crippen molar-refractivity contribution < 1.29 is 4.79 Å². The van der Waals surface area contributed by atoms with Crippen LogP contribution >= 0.6 is 0 Å². The van der Waals surface area contributed by atoms with E-state index < -0.39 is 0 Å². The fourth-order valence-electron chi connectivity index (χ4n) is 3.08. The standard InChI is InChI=1S/C19H21N5O/c1-13-6-5-9-24(12-13)18(25)17-10-14(2)21-19(23-17)22-16-8-4-3-7-15(16)11-20/h3-4,7-8,10,13H,5-6,9,12H2,1-2H3,(H,21,22,23). The van der Waals surface area contributed by atoms with Gasteiger partial charge in [0.25, 0.3) is 5.91 Å². The third kappa shape index (κ3) is 3.94. The van der Waals surface area contributed by atoms with E-state index in [0.717, 1.165) is 25.9 Å². The Morgan fingerprint density at radius 3 is 2.92 bits per heavy atom. The zero-order valence-corrected chi connectivity index (χ0v) is 14.5. The first-order chi connectivity index (χ1) is 12.1. The number of aromatic nitrogens is 2. The Kier molecular flexibility index (Phi) is 4.94. The van der Waals surface area contributed by atoms with E-state index in [4.69, 9.17) is 0 Å². The second-order valence-corrected chi connectivity index (χ2v) is 6.50. The van der Waals surface area contributed by atoms with E-state index in [1.54, 1.807) is 24.3 Å². The number of amides is 1. The highest BCUT2D eigenvalue weighted by molar-refractivity contribution is 5.92. The number of nitrogens with zero attached hydrogens (tertiary/aromatic N) is 4. The topological polar surface area (TPSA) is 81.9 Å². The van der Waals surface area contributed by atoms with Gasteiger partial charge < -0.3 is 10.2 Å². The molecule has 0 spiro atoms. The number of carbonyl (C=O) groups is 1. The maximum Gasteiger partial charge on any atom is 0.272 e. The quantitative estimate of drug-likeness (QED) is 0.931. The number of piperidine rings is 1. The Morgan fingerprint density at radius 1 is 1.36 bits per heavy atom. The average molecular weight is 335 g/mol. The second kappa shape index (κ2) is 7.31. The summed E-state index contributed by atoms with van der Waals surface area (Å²) in [5.74, 6) is 0.783. The van der Waals surface area contributed by atoms with E-state index >= 15 is 0 Å². The number of para-hydroxylation sites is 1. The summed E-state index contributed by atoms with van der Waals surface area (Å²) in [5.41, 5.74) is 2.23. The minimum atomic E-state index is -0.0614. The molecule has 0 saturated carbocycles. The van der Waals surface area contributed by atoms with Crippen LogP contribution < -0.4 is 5.32 Å². The number of nitriles is 1. The van der Waals surface area contributed by atoms with Gasteiger partial charge in [-0.05, 0) is 43.9 Å². The first-order valence-corrected chi connectivity index (χ1v) is 8.48. The summed E-state index contributed by atoms with van der Waals surface area (Å²) < 4.78 is 0. The fourth-order valence-corrected chi connectivity index (χ4v) is 3.08. The lowest BCUT2D eigenvalue weighted by atomic mass is 10.00. The van der Waals surface area contributed by atoms with Gasteiger partial charge in [-0.15, -0.1) is 0 Å². The highest BCUT2D eigenvalue weighted by Gasteiger charge is 2.23. The molecule has 1 aliphatic heterocycles. The smallest absolute Gasteiger partial charge is 0.272 e. The normalized spacial score (nSPS) is 17.0. The Labute approximate surface area is 147 Å². The molecule has 1 aliphatic rings. The van der Waals surface area contributed by atoms with Crippen molar-refractivity contribution in [3.63, 3.8) is 0 Å². The SMILES string of the molecule is Cc1cc(C(=O)N2CCCC(C)C2)nc(Nc2ccccc2C#N)n1. The molecular formula is C19H21N5O. The molecule has 2 aromatic rings. The molecule has 1 N–H and O–H groups in total. The van der Waals surface area contributed by atoms with Gasteiger partial charge in [-0.3, -0.25) is 4.79 Å². The van der Waals surface area contributed by atoms with Crippen molar-refractivity contribution in [2.24, 2.45) is 5.92 Å². The molecule has 6 heteroatoms. The van der Waals surface area contributed by atoms with Crippen LogP contribution in [0.2, 0.25) is 0 Å². The van der Waals surface area contributed by atoms with Crippen molar-refractivity contribution in [2.75, 3.05) is 18.4 Å². The van der Waals surface area contributed by atoms with Crippen LogP contribution in [0.3, 0.4) is 0 Å². The predicted molar refractivity (Wildman–Crippen MR) is 95.5 cm³/mol. The summed E-state index contributed by atoms with van der Waals surface area (Å²) in [6.07, 6.45) is 2.18. The predicted octanol–water partition coefficient (Wildman–Crippen LogP) is 3.27. The molecule has 25 heavy (non-hydrogen) atoms. The number of anilines is 2. The molecule has 1 atom stereocenters. The fraction of sp³-hybridized carbons (Fsp3) is 0.368. The Balaban J connectivity index is 1.85. The summed E-state index contributed by atoms with van der Waals surface area (Å²) in [5, 5.41) is 12.3. The molecule has 1 aromatic heterocycles. The molecular weight excluding hydrogens is 314 g/mol. The molecule has 0 aliphatic carbocycles. The van der Waals surface area contributed by atoms with Crippen molar-refractivity contribution >= 4 is 17.5 Å². The van der Waals surface area contributed by atoms with Gasteiger partial charge in [-0.25, -0.2) is 9.97 Å². The van der Waals surface area contributed by atoms with Crippen LogP contribution in [0, 0.1) is 24.2 Å². The maximum atomic E-state index is 12.8. The largest absolute Gasteiger partial charge is 0.337 e. The molecule has 3 rings (SSSR count). The van der Waals surface area contributed by atoms with Gasteiger partial charge >= 0.3 is 0 Å². The number of likely N-dealkylation sites (tertiary alicyclic amines) is 1. The molecule has 2 heterocycles. The molecule has 1 amide bonds. The Hall–Kier alpha value is -2.94. The Morgan fingerprint density at radius 2 is 2.16 bits per heavy atom. The number of hydrogen-bond donors (Lipinski definition) is 1. The van der Waals surface area contributed by atoms with Gasteiger partial charge in [0.1, 0.15) is 11.8 Å². The third-order valence-corrected chi connectivity index (χ3v) is 4.31. The summed E-state index contributed by atoms with van der Waals surface area (Å²) in [6, 6.07) is 11.0.